The molecule has 0 spiro atoms. The van der Waals surface area contributed by atoms with Gasteiger partial charge in [0.05, 0.1) is 33.6 Å². The van der Waals surface area contributed by atoms with Gasteiger partial charge in [0.25, 0.3) is 0 Å². The molecule has 1 aliphatic carbocycles. The number of carbonyl (C=O) groups excluding carboxylic acids is 2. The third-order valence-electron chi connectivity index (χ3n) is 5.79. The minimum Gasteiger partial charge on any atom is -0.398 e. The molecule has 0 amide bonds. The molecular formula is C23H29N5O2. The topological polar surface area (TPSA) is 136 Å². The van der Waals surface area contributed by atoms with Crippen molar-refractivity contribution in [3.63, 3.8) is 0 Å². The molecule has 8 N–H and O–H groups in total. The predicted molar refractivity (Wildman–Crippen MR) is 122 cm³/mol. The average Bonchev–Trinajstić information content (AvgIpc) is 2.95. The van der Waals surface area contributed by atoms with Crippen LogP contribution in [0.15, 0.2) is 18.2 Å². The lowest BCUT2D eigenvalue weighted by atomic mass is 9.80. The second-order valence-corrected chi connectivity index (χ2v) is 9.32. The molecule has 2 aliphatic rings. The standard InChI is InChI=1S/C23H29N5O2/c1-10(2)8-23(9-11(3)4)27-15-7-14(26)18-19(20(15)28-23)22(30)17-13(25)6-5-12(24)16(17)21(18)29/h5-7,10-11,27-28H,8-9,24-26H2,1-4H3. The highest BCUT2D eigenvalue weighted by atomic mass is 16.1. The van der Waals surface area contributed by atoms with Gasteiger partial charge in [0.1, 0.15) is 5.66 Å². The Bertz CT molecular complexity index is 1080. The molecule has 0 saturated carbocycles. The summed E-state index contributed by atoms with van der Waals surface area (Å²) >= 11 is 0. The summed E-state index contributed by atoms with van der Waals surface area (Å²) in [6, 6.07) is 4.84. The molecule has 0 bridgehead atoms. The number of benzene rings is 2. The Kier molecular flexibility index (Phi) is 4.45. The smallest absolute Gasteiger partial charge is 0.198 e. The second kappa shape index (κ2) is 6.65. The highest BCUT2D eigenvalue weighted by Gasteiger charge is 2.44. The van der Waals surface area contributed by atoms with Crippen molar-refractivity contribution < 1.29 is 9.59 Å². The van der Waals surface area contributed by atoms with E-state index in [0.29, 0.717) is 17.5 Å². The van der Waals surface area contributed by atoms with Crippen molar-refractivity contribution in [2.24, 2.45) is 11.8 Å². The number of fused-ring (bicyclic) bond motifs is 4. The SMILES string of the molecule is CC(C)CC1(CC(C)C)Nc2cc(N)c3c(c2N1)C(=O)c1c(N)ccc(N)c1C3=O. The van der Waals surface area contributed by atoms with Crippen LogP contribution in [0.5, 0.6) is 0 Å². The van der Waals surface area contributed by atoms with Gasteiger partial charge in [0.15, 0.2) is 11.6 Å². The predicted octanol–water partition coefficient (Wildman–Crippen LogP) is 3.83. The van der Waals surface area contributed by atoms with Crippen molar-refractivity contribution in [2.75, 3.05) is 27.8 Å². The Morgan fingerprint density at radius 1 is 0.767 bits per heavy atom. The summed E-state index contributed by atoms with van der Waals surface area (Å²) in [6.07, 6.45) is 1.70. The highest BCUT2D eigenvalue weighted by molar-refractivity contribution is 6.35. The van der Waals surface area contributed by atoms with E-state index in [1.54, 1.807) is 18.2 Å². The van der Waals surface area contributed by atoms with Gasteiger partial charge < -0.3 is 27.8 Å². The lowest BCUT2D eigenvalue weighted by molar-refractivity contribution is 0.0981. The Morgan fingerprint density at radius 3 is 1.73 bits per heavy atom. The van der Waals surface area contributed by atoms with Crippen molar-refractivity contribution >= 4 is 40.0 Å². The minimum atomic E-state index is -0.420. The first kappa shape index (κ1) is 20.1. The number of nitrogen functional groups attached to an aromatic ring is 3. The number of anilines is 5. The van der Waals surface area contributed by atoms with Crippen LogP contribution in [-0.4, -0.2) is 17.2 Å². The molecule has 0 fully saturated rings. The van der Waals surface area contributed by atoms with Gasteiger partial charge in [-0.1, -0.05) is 27.7 Å². The summed E-state index contributed by atoms with van der Waals surface area (Å²) in [5.74, 6) is 0.142. The van der Waals surface area contributed by atoms with Crippen LogP contribution < -0.4 is 27.8 Å². The van der Waals surface area contributed by atoms with E-state index in [-0.39, 0.29) is 50.9 Å². The maximum Gasteiger partial charge on any atom is 0.198 e. The second-order valence-electron chi connectivity index (χ2n) is 9.32. The molecule has 0 unspecified atom stereocenters. The zero-order valence-corrected chi connectivity index (χ0v) is 17.8. The molecule has 1 heterocycles. The van der Waals surface area contributed by atoms with Gasteiger partial charge in [-0.2, -0.15) is 0 Å². The maximum absolute atomic E-state index is 13.6. The van der Waals surface area contributed by atoms with Crippen LogP contribution in [-0.2, 0) is 0 Å². The molecule has 7 nitrogen and oxygen atoms in total. The van der Waals surface area contributed by atoms with Crippen molar-refractivity contribution in [2.45, 2.75) is 46.2 Å². The van der Waals surface area contributed by atoms with E-state index in [1.807, 2.05) is 0 Å². The molecule has 158 valence electrons. The molecule has 2 aromatic carbocycles. The number of carbonyl (C=O) groups is 2. The number of rotatable bonds is 4. The fraction of sp³-hybridized carbons (Fsp3) is 0.391. The first-order chi connectivity index (χ1) is 14.0. The van der Waals surface area contributed by atoms with E-state index in [1.165, 1.54) is 0 Å². The van der Waals surface area contributed by atoms with E-state index >= 15 is 0 Å². The molecular weight excluding hydrogens is 378 g/mol. The van der Waals surface area contributed by atoms with Crippen LogP contribution in [0.2, 0.25) is 0 Å². The third kappa shape index (κ3) is 2.88. The van der Waals surface area contributed by atoms with Gasteiger partial charge in [-0.05, 0) is 42.9 Å². The van der Waals surface area contributed by atoms with Crippen molar-refractivity contribution in [3.05, 3.63) is 40.5 Å². The number of nitrogens with two attached hydrogens (primary N) is 3. The summed E-state index contributed by atoms with van der Waals surface area (Å²) in [7, 11) is 0. The van der Waals surface area contributed by atoms with Crippen LogP contribution in [0.1, 0.15) is 72.4 Å². The van der Waals surface area contributed by atoms with Crippen LogP contribution in [0.3, 0.4) is 0 Å². The van der Waals surface area contributed by atoms with E-state index in [0.717, 1.165) is 18.5 Å². The van der Waals surface area contributed by atoms with Crippen LogP contribution in [0.25, 0.3) is 0 Å². The highest BCUT2D eigenvalue weighted by Crippen LogP contribution is 2.48. The first-order valence-electron chi connectivity index (χ1n) is 10.3. The average molecular weight is 408 g/mol. The van der Waals surface area contributed by atoms with Crippen molar-refractivity contribution in [1.29, 1.82) is 0 Å². The fourth-order valence-electron chi connectivity index (χ4n) is 4.99. The molecule has 4 rings (SSSR count). The summed E-state index contributed by atoms with van der Waals surface area (Å²) in [6.45, 7) is 8.64. The lowest BCUT2D eigenvalue weighted by Crippen LogP contribution is -2.44. The first-order valence-corrected chi connectivity index (χ1v) is 10.3. The molecule has 7 heteroatoms. The quantitative estimate of drug-likeness (QED) is 0.415. The number of ketones is 2. The van der Waals surface area contributed by atoms with Gasteiger partial charge in [-0.15, -0.1) is 0 Å². The van der Waals surface area contributed by atoms with E-state index in [4.69, 9.17) is 17.2 Å². The number of hydrogen-bond donors (Lipinski definition) is 5. The Balaban J connectivity index is 1.92. The largest absolute Gasteiger partial charge is 0.398 e. The molecule has 1 aliphatic heterocycles. The summed E-state index contributed by atoms with van der Waals surface area (Å²) in [5.41, 5.74) is 20.9. The van der Waals surface area contributed by atoms with Gasteiger partial charge in [0.2, 0.25) is 0 Å². The zero-order valence-electron chi connectivity index (χ0n) is 17.8. The van der Waals surface area contributed by atoms with Crippen molar-refractivity contribution in [1.82, 2.24) is 0 Å². The van der Waals surface area contributed by atoms with Gasteiger partial charge >= 0.3 is 0 Å². The normalized spacial score (nSPS) is 16.2. The maximum atomic E-state index is 13.6. The summed E-state index contributed by atoms with van der Waals surface area (Å²) in [5, 5.41) is 7.15. The van der Waals surface area contributed by atoms with E-state index in [9.17, 15) is 9.59 Å². The minimum absolute atomic E-state index is 0.140. The van der Waals surface area contributed by atoms with Crippen LogP contribution in [0, 0.1) is 11.8 Å². The number of hydrogen-bond acceptors (Lipinski definition) is 7. The van der Waals surface area contributed by atoms with Crippen molar-refractivity contribution in [3.8, 4) is 0 Å². The van der Waals surface area contributed by atoms with Gasteiger partial charge in [-0.25, -0.2) is 0 Å². The molecule has 0 radical (unpaired) electrons. The Hall–Kier alpha value is -3.22. The molecule has 2 aromatic rings. The summed E-state index contributed by atoms with van der Waals surface area (Å²) in [4.78, 5) is 26.9. The lowest BCUT2D eigenvalue weighted by Gasteiger charge is -2.34. The molecule has 30 heavy (non-hydrogen) atoms. The van der Waals surface area contributed by atoms with Crippen LogP contribution in [0.4, 0.5) is 28.4 Å². The Morgan fingerprint density at radius 2 is 1.23 bits per heavy atom. The summed E-state index contributed by atoms with van der Waals surface area (Å²) < 4.78 is 0. The monoisotopic (exact) mass is 407 g/mol. The van der Waals surface area contributed by atoms with Crippen LogP contribution >= 0.6 is 0 Å². The third-order valence-corrected chi connectivity index (χ3v) is 5.79. The van der Waals surface area contributed by atoms with Gasteiger partial charge in [0, 0.05) is 17.1 Å². The van der Waals surface area contributed by atoms with Gasteiger partial charge in [-0.3, -0.25) is 9.59 Å². The Labute approximate surface area is 176 Å². The van der Waals surface area contributed by atoms with E-state index < -0.39 is 5.66 Å². The molecule has 0 atom stereocenters. The number of nitrogens with one attached hydrogen (secondary N) is 2. The fourth-order valence-corrected chi connectivity index (χ4v) is 4.99. The molecule has 0 saturated heterocycles. The zero-order chi connectivity index (χ0) is 22.0. The van der Waals surface area contributed by atoms with E-state index in [2.05, 4.69) is 38.3 Å². The molecule has 0 aromatic heterocycles.